The molecule has 0 atom stereocenters. The molecule has 0 aliphatic heterocycles. The molecule has 1 aliphatic rings. The molecule has 0 radical (unpaired) electrons. The number of anilines is 3. The number of aromatic nitrogens is 4. The van der Waals surface area contributed by atoms with Crippen LogP contribution in [0.15, 0.2) is 24.7 Å². The minimum atomic E-state index is -0.0398. The van der Waals surface area contributed by atoms with Crippen LogP contribution in [0.1, 0.15) is 12.8 Å². The molecule has 0 unspecified atom stereocenters. The Balaban J connectivity index is 1.65. The molecule has 100 valence electrons. The van der Waals surface area contributed by atoms with Crippen molar-refractivity contribution in [1.29, 1.82) is 0 Å². The van der Waals surface area contributed by atoms with Gasteiger partial charge in [0.05, 0.1) is 11.9 Å². The van der Waals surface area contributed by atoms with Gasteiger partial charge in [0, 0.05) is 31.5 Å². The van der Waals surface area contributed by atoms with Crippen LogP contribution in [0.4, 0.5) is 17.5 Å². The summed E-state index contributed by atoms with van der Waals surface area (Å²) in [4.78, 5) is 8.56. The third kappa shape index (κ3) is 3.00. The van der Waals surface area contributed by atoms with Crippen LogP contribution in [-0.4, -0.2) is 31.8 Å². The molecule has 7 nitrogen and oxygen atoms in total. The van der Waals surface area contributed by atoms with E-state index in [0.717, 1.165) is 30.9 Å². The summed E-state index contributed by atoms with van der Waals surface area (Å²) < 4.78 is 1.72. The number of aryl methyl sites for hydroxylation is 1. The van der Waals surface area contributed by atoms with Crippen molar-refractivity contribution in [3.63, 3.8) is 0 Å². The molecule has 1 aliphatic carbocycles. The lowest BCUT2D eigenvalue weighted by molar-refractivity contribution is 0.711. The minimum absolute atomic E-state index is 0.0398. The summed E-state index contributed by atoms with van der Waals surface area (Å²) in [6.07, 6.45) is 7.45. The van der Waals surface area contributed by atoms with E-state index in [2.05, 4.69) is 25.7 Å². The van der Waals surface area contributed by atoms with Gasteiger partial charge in [-0.1, -0.05) is 0 Å². The second kappa shape index (κ2) is 4.51. The summed E-state index contributed by atoms with van der Waals surface area (Å²) in [5, 5.41) is 10.4. The van der Waals surface area contributed by atoms with E-state index < -0.39 is 0 Å². The van der Waals surface area contributed by atoms with Gasteiger partial charge in [-0.05, 0) is 18.9 Å². The molecule has 0 saturated heterocycles. The summed E-state index contributed by atoms with van der Waals surface area (Å²) in [6, 6.07) is 1.83. The zero-order valence-corrected chi connectivity index (χ0v) is 10.8. The number of nitrogens with zero attached hydrogens (tertiary/aromatic N) is 4. The lowest BCUT2D eigenvalue weighted by Crippen LogP contribution is -2.31. The maximum Gasteiger partial charge on any atom is 0.229 e. The highest BCUT2D eigenvalue weighted by atomic mass is 15.3. The van der Waals surface area contributed by atoms with Crippen molar-refractivity contribution in [2.24, 2.45) is 12.8 Å². The van der Waals surface area contributed by atoms with E-state index in [4.69, 9.17) is 5.73 Å². The Morgan fingerprint density at radius 2 is 2.32 bits per heavy atom. The molecule has 0 spiro atoms. The highest BCUT2D eigenvalue weighted by molar-refractivity contribution is 5.52. The quantitative estimate of drug-likeness (QED) is 0.737. The zero-order chi connectivity index (χ0) is 13.3. The van der Waals surface area contributed by atoms with Gasteiger partial charge in [-0.2, -0.15) is 10.1 Å². The van der Waals surface area contributed by atoms with Crippen LogP contribution in [0.3, 0.4) is 0 Å². The Morgan fingerprint density at radius 1 is 1.47 bits per heavy atom. The third-order valence-corrected chi connectivity index (χ3v) is 3.13. The maximum atomic E-state index is 6.03. The van der Waals surface area contributed by atoms with Crippen LogP contribution in [-0.2, 0) is 7.05 Å². The molecule has 1 saturated carbocycles. The van der Waals surface area contributed by atoms with E-state index in [9.17, 15) is 0 Å². The Hall–Kier alpha value is -2.15. The van der Waals surface area contributed by atoms with Crippen molar-refractivity contribution in [3.8, 4) is 0 Å². The van der Waals surface area contributed by atoms with E-state index >= 15 is 0 Å². The monoisotopic (exact) mass is 259 g/mol. The van der Waals surface area contributed by atoms with Gasteiger partial charge in [0.1, 0.15) is 5.82 Å². The Morgan fingerprint density at radius 3 is 3.00 bits per heavy atom. The van der Waals surface area contributed by atoms with E-state index in [-0.39, 0.29) is 5.54 Å². The van der Waals surface area contributed by atoms with Crippen molar-refractivity contribution in [3.05, 3.63) is 24.7 Å². The third-order valence-electron chi connectivity index (χ3n) is 3.13. The lowest BCUT2D eigenvalue weighted by Gasteiger charge is -2.11. The van der Waals surface area contributed by atoms with E-state index in [0.29, 0.717) is 5.95 Å². The highest BCUT2D eigenvalue weighted by Crippen LogP contribution is 2.31. The molecular weight excluding hydrogens is 242 g/mol. The summed E-state index contributed by atoms with van der Waals surface area (Å²) in [5.74, 6) is 1.32. The fourth-order valence-electron chi connectivity index (χ4n) is 1.74. The van der Waals surface area contributed by atoms with Gasteiger partial charge < -0.3 is 16.4 Å². The number of nitrogens with two attached hydrogens (primary N) is 1. The van der Waals surface area contributed by atoms with Crippen LogP contribution in [0, 0.1) is 0 Å². The van der Waals surface area contributed by atoms with Gasteiger partial charge in [-0.15, -0.1) is 0 Å². The average Bonchev–Trinajstić information content (AvgIpc) is 3.00. The summed E-state index contributed by atoms with van der Waals surface area (Å²) in [7, 11) is 1.86. The smallest absolute Gasteiger partial charge is 0.229 e. The molecule has 19 heavy (non-hydrogen) atoms. The zero-order valence-electron chi connectivity index (χ0n) is 10.8. The van der Waals surface area contributed by atoms with Gasteiger partial charge in [-0.25, -0.2) is 4.98 Å². The van der Waals surface area contributed by atoms with Gasteiger partial charge in [0.25, 0.3) is 0 Å². The van der Waals surface area contributed by atoms with Gasteiger partial charge in [0.2, 0.25) is 5.95 Å². The van der Waals surface area contributed by atoms with E-state index in [1.165, 1.54) is 0 Å². The van der Waals surface area contributed by atoms with E-state index in [1.807, 2.05) is 19.3 Å². The molecule has 0 bridgehead atoms. The molecule has 3 rings (SSSR count). The standard InChI is InChI=1S/C12H17N7/c1-19-7-9(6-16-19)17-11-14-5-2-10(18-11)15-8-12(13)3-4-12/h2,5-7H,3-4,8,13H2,1H3,(H2,14,15,17,18). The van der Waals surface area contributed by atoms with Crippen LogP contribution in [0.2, 0.25) is 0 Å². The van der Waals surface area contributed by atoms with Gasteiger partial charge >= 0.3 is 0 Å². The Labute approximate surface area is 111 Å². The molecule has 2 heterocycles. The first-order valence-electron chi connectivity index (χ1n) is 6.24. The molecule has 2 aromatic rings. The predicted molar refractivity (Wildman–Crippen MR) is 73.2 cm³/mol. The van der Waals surface area contributed by atoms with Gasteiger partial charge in [-0.3, -0.25) is 4.68 Å². The average molecular weight is 259 g/mol. The lowest BCUT2D eigenvalue weighted by atomic mass is 10.3. The maximum absolute atomic E-state index is 6.03. The van der Waals surface area contributed by atoms with Crippen molar-refractivity contribution in [2.45, 2.75) is 18.4 Å². The van der Waals surface area contributed by atoms with Crippen molar-refractivity contribution in [1.82, 2.24) is 19.7 Å². The van der Waals surface area contributed by atoms with Crippen LogP contribution >= 0.6 is 0 Å². The normalized spacial score (nSPS) is 16.1. The second-order valence-electron chi connectivity index (χ2n) is 5.01. The first kappa shape index (κ1) is 11.9. The summed E-state index contributed by atoms with van der Waals surface area (Å²) in [6.45, 7) is 0.746. The predicted octanol–water partition coefficient (Wildman–Crippen LogP) is 0.857. The Bertz CT molecular complexity index is 573. The van der Waals surface area contributed by atoms with E-state index in [1.54, 1.807) is 17.1 Å². The highest BCUT2D eigenvalue weighted by Gasteiger charge is 2.37. The van der Waals surface area contributed by atoms with Gasteiger partial charge in [0.15, 0.2) is 0 Å². The summed E-state index contributed by atoms with van der Waals surface area (Å²) >= 11 is 0. The summed E-state index contributed by atoms with van der Waals surface area (Å²) in [5.41, 5.74) is 6.84. The molecule has 7 heteroatoms. The second-order valence-corrected chi connectivity index (χ2v) is 5.01. The molecule has 1 fully saturated rings. The van der Waals surface area contributed by atoms with Crippen LogP contribution < -0.4 is 16.4 Å². The van der Waals surface area contributed by atoms with Crippen LogP contribution in [0.25, 0.3) is 0 Å². The fourth-order valence-corrected chi connectivity index (χ4v) is 1.74. The largest absolute Gasteiger partial charge is 0.368 e. The molecule has 0 amide bonds. The molecule has 0 aromatic carbocycles. The fraction of sp³-hybridized carbons (Fsp3) is 0.417. The number of nitrogens with one attached hydrogen (secondary N) is 2. The SMILES string of the molecule is Cn1cc(Nc2nccc(NCC3(N)CC3)n2)cn1. The topological polar surface area (TPSA) is 93.7 Å². The molecule has 2 aromatic heterocycles. The number of hydrogen-bond donors (Lipinski definition) is 3. The van der Waals surface area contributed by atoms with Crippen molar-refractivity contribution >= 4 is 17.5 Å². The molecular formula is C12H17N7. The minimum Gasteiger partial charge on any atom is -0.368 e. The first-order valence-corrected chi connectivity index (χ1v) is 6.24. The number of hydrogen-bond acceptors (Lipinski definition) is 6. The van der Waals surface area contributed by atoms with Crippen molar-refractivity contribution < 1.29 is 0 Å². The molecule has 4 N–H and O–H groups in total. The number of rotatable bonds is 5. The van der Waals surface area contributed by atoms with Crippen LogP contribution in [0.5, 0.6) is 0 Å². The Kier molecular flexibility index (Phi) is 2.83. The van der Waals surface area contributed by atoms with Crippen molar-refractivity contribution in [2.75, 3.05) is 17.2 Å². The first-order chi connectivity index (χ1) is 9.13.